The van der Waals surface area contributed by atoms with Crippen molar-refractivity contribution in [2.45, 2.75) is 20.5 Å². The first-order valence-corrected chi connectivity index (χ1v) is 11.6. The molecule has 0 aliphatic heterocycles. The molecule has 3 aromatic rings. The Bertz CT molecular complexity index is 1200. The molecule has 0 saturated carbocycles. The number of nitriles is 1. The van der Waals surface area contributed by atoms with Gasteiger partial charge in [-0.2, -0.15) is 5.26 Å². The maximum atomic E-state index is 12.7. The summed E-state index contributed by atoms with van der Waals surface area (Å²) in [6.45, 7) is 5.10. The lowest BCUT2D eigenvalue weighted by molar-refractivity contribution is -0.112. The zero-order chi connectivity index (χ0) is 24.3. The van der Waals surface area contributed by atoms with Crippen molar-refractivity contribution in [2.75, 3.05) is 18.5 Å². The molecule has 174 valence electrons. The van der Waals surface area contributed by atoms with E-state index in [4.69, 9.17) is 14.2 Å². The molecule has 34 heavy (non-hydrogen) atoms. The number of hydrogen-bond donors (Lipinski definition) is 1. The number of rotatable bonds is 10. The molecule has 0 aliphatic carbocycles. The van der Waals surface area contributed by atoms with Crippen LogP contribution in [0.1, 0.15) is 25.0 Å². The van der Waals surface area contributed by atoms with Gasteiger partial charge < -0.3 is 19.5 Å². The van der Waals surface area contributed by atoms with E-state index >= 15 is 0 Å². The number of ether oxygens (including phenoxy) is 3. The SMILES string of the molecule is CCOc1cccc(NC(=O)/C(C#N)=C/c2ccc(COc3ccc(Br)cc3)c(OCC)c2)c1. The van der Waals surface area contributed by atoms with Crippen molar-refractivity contribution in [3.63, 3.8) is 0 Å². The second-order valence-corrected chi connectivity index (χ2v) is 8.04. The van der Waals surface area contributed by atoms with E-state index in [1.54, 1.807) is 30.3 Å². The van der Waals surface area contributed by atoms with Crippen molar-refractivity contribution >= 4 is 33.6 Å². The molecule has 0 saturated heterocycles. The maximum absolute atomic E-state index is 12.7. The Morgan fingerprint density at radius 1 is 0.971 bits per heavy atom. The van der Waals surface area contributed by atoms with E-state index in [0.29, 0.717) is 42.6 Å². The molecule has 0 heterocycles. The van der Waals surface area contributed by atoms with Crippen molar-refractivity contribution in [3.8, 4) is 23.3 Å². The molecular formula is C27H25BrN2O4. The molecule has 0 atom stereocenters. The molecule has 0 spiro atoms. The predicted octanol–water partition coefficient (Wildman–Crippen LogP) is 6.37. The summed E-state index contributed by atoms with van der Waals surface area (Å²) in [7, 11) is 0. The molecule has 1 N–H and O–H groups in total. The second-order valence-electron chi connectivity index (χ2n) is 7.13. The van der Waals surface area contributed by atoms with E-state index in [9.17, 15) is 10.1 Å². The summed E-state index contributed by atoms with van der Waals surface area (Å²) in [4.78, 5) is 12.7. The van der Waals surface area contributed by atoms with Crippen molar-refractivity contribution in [1.82, 2.24) is 0 Å². The molecule has 0 aliphatic rings. The normalized spacial score (nSPS) is 10.8. The van der Waals surface area contributed by atoms with Crippen LogP contribution in [-0.4, -0.2) is 19.1 Å². The Labute approximate surface area is 207 Å². The van der Waals surface area contributed by atoms with E-state index in [0.717, 1.165) is 15.8 Å². The average molecular weight is 521 g/mol. The smallest absolute Gasteiger partial charge is 0.266 e. The van der Waals surface area contributed by atoms with Gasteiger partial charge in [-0.1, -0.05) is 34.1 Å². The molecule has 6 nitrogen and oxygen atoms in total. The third kappa shape index (κ3) is 7.12. The number of benzene rings is 3. The monoisotopic (exact) mass is 520 g/mol. The van der Waals surface area contributed by atoms with Gasteiger partial charge in [0.15, 0.2) is 0 Å². The quantitative estimate of drug-likeness (QED) is 0.248. The minimum atomic E-state index is -0.503. The highest BCUT2D eigenvalue weighted by atomic mass is 79.9. The largest absolute Gasteiger partial charge is 0.494 e. The van der Waals surface area contributed by atoms with Gasteiger partial charge in [-0.25, -0.2) is 0 Å². The summed E-state index contributed by atoms with van der Waals surface area (Å²) < 4.78 is 18.1. The lowest BCUT2D eigenvalue weighted by Crippen LogP contribution is -2.13. The van der Waals surface area contributed by atoms with Crippen LogP contribution in [0.2, 0.25) is 0 Å². The Balaban J connectivity index is 1.76. The third-order valence-corrected chi connectivity index (χ3v) is 5.21. The average Bonchev–Trinajstić information content (AvgIpc) is 2.83. The summed E-state index contributed by atoms with van der Waals surface area (Å²) >= 11 is 3.41. The first kappa shape index (κ1) is 24.9. The molecule has 0 bridgehead atoms. The number of halogens is 1. The van der Waals surface area contributed by atoms with Gasteiger partial charge in [0.05, 0.1) is 13.2 Å². The van der Waals surface area contributed by atoms with E-state index in [2.05, 4.69) is 21.2 Å². The number of amides is 1. The van der Waals surface area contributed by atoms with Gasteiger partial charge in [0, 0.05) is 21.8 Å². The fourth-order valence-electron chi connectivity index (χ4n) is 3.11. The van der Waals surface area contributed by atoms with Gasteiger partial charge in [-0.15, -0.1) is 0 Å². The number of anilines is 1. The van der Waals surface area contributed by atoms with E-state index < -0.39 is 5.91 Å². The second kappa shape index (κ2) is 12.5. The number of carbonyl (C=O) groups is 1. The van der Waals surface area contributed by atoms with Gasteiger partial charge in [-0.05, 0) is 68.0 Å². The van der Waals surface area contributed by atoms with Crippen LogP contribution in [0.3, 0.4) is 0 Å². The van der Waals surface area contributed by atoms with Crippen LogP contribution >= 0.6 is 15.9 Å². The van der Waals surface area contributed by atoms with Crippen molar-refractivity contribution in [3.05, 3.63) is 87.9 Å². The molecule has 0 unspecified atom stereocenters. The van der Waals surface area contributed by atoms with E-state index in [1.807, 2.05) is 56.3 Å². The summed E-state index contributed by atoms with van der Waals surface area (Å²) in [5.74, 6) is 1.52. The van der Waals surface area contributed by atoms with Crippen LogP contribution < -0.4 is 19.5 Å². The first-order valence-electron chi connectivity index (χ1n) is 10.8. The summed E-state index contributed by atoms with van der Waals surface area (Å²) in [5, 5.41) is 12.3. The molecule has 0 fully saturated rings. The molecule has 3 aromatic carbocycles. The lowest BCUT2D eigenvalue weighted by atomic mass is 10.1. The number of nitrogens with zero attached hydrogens (tertiary/aromatic N) is 1. The molecule has 3 rings (SSSR count). The van der Waals surface area contributed by atoms with Crippen molar-refractivity contribution in [2.24, 2.45) is 0 Å². The Kier molecular flexibility index (Phi) is 9.12. The van der Waals surface area contributed by atoms with Crippen molar-refractivity contribution < 1.29 is 19.0 Å². The van der Waals surface area contributed by atoms with Gasteiger partial charge in [0.2, 0.25) is 0 Å². The van der Waals surface area contributed by atoms with Crippen LogP contribution in [-0.2, 0) is 11.4 Å². The fraction of sp³-hybridized carbons (Fsp3) is 0.185. The topological polar surface area (TPSA) is 80.6 Å². The minimum Gasteiger partial charge on any atom is -0.494 e. The lowest BCUT2D eigenvalue weighted by Gasteiger charge is -2.13. The van der Waals surface area contributed by atoms with E-state index in [-0.39, 0.29) is 5.57 Å². The van der Waals surface area contributed by atoms with Crippen LogP contribution in [0.25, 0.3) is 6.08 Å². The Morgan fingerprint density at radius 2 is 1.74 bits per heavy atom. The number of carbonyl (C=O) groups excluding carboxylic acids is 1. The summed E-state index contributed by atoms with van der Waals surface area (Å²) in [5.41, 5.74) is 2.05. The van der Waals surface area contributed by atoms with Crippen LogP contribution in [0.5, 0.6) is 17.2 Å². The fourth-order valence-corrected chi connectivity index (χ4v) is 3.37. The third-order valence-electron chi connectivity index (χ3n) is 4.68. The zero-order valence-corrected chi connectivity index (χ0v) is 20.6. The standard InChI is InChI=1S/C27H25BrN2O4/c1-3-32-25-7-5-6-23(16-25)30-27(31)21(17-29)14-19-8-9-20(26(15-19)33-4-2)18-34-24-12-10-22(28)11-13-24/h5-16H,3-4,18H2,1-2H3,(H,30,31)/b21-14+. The zero-order valence-electron chi connectivity index (χ0n) is 19.0. The van der Waals surface area contributed by atoms with Gasteiger partial charge in [0.1, 0.15) is 35.5 Å². The molecule has 7 heteroatoms. The molecular weight excluding hydrogens is 496 g/mol. The molecule has 0 aromatic heterocycles. The summed E-state index contributed by atoms with van der Waals surface area (Å²) in [6.07, 6.45) is 1.53. The summed E-state index contributed by atoms with van der Waals surface area (Å²) in [6, 6.07) is 22.1. The predicted molar refractivity (Wildman–Crippen MR) is 136 cm³/mol. The van der Waals surface area contributed by atoms with Crippen molar-refractivity contribution in [1.29, 1.82) is 5.26 Å². The number of hydrogen-bond acceptors (Lipinski definition) is 5. The van der Waals surface area contributed by atoms with Crippen LogP contribution in [0.4, 0.5) is 5.69 Å². The molecule has 1 amide bonds. The minimum absolute atomic E-state index is 0.0249. The van der Waals surface area contributed by atoms with Gasteiger partial charge in [0.25, 0.3) is 5.91 Å². The molecule has 0 radical (unpaired) electrons. The number of nitrogens with one attached hydrogen (secondary N) is 1. The van der Waals surface area contributed by atoms with Crippen LogP contribution in [0, 0.1) is 11.3 Å². The Hall–Kier alpha value is -3.76. The highest BCUT2D eigenvalue weighted by Crippen LogP contribution is 2.25. The first-order chi connectivity index (χ1) is 16.5. The van der Waals surface area contributed by atoms with Gasteiger partial charge in [-0.3, -0.25) is 4.79 Å². The highest BCUT2D eigenvalue weighted by molar-refractivity contribution is 9.10. The maximum Gasteiger partial charge on any atom is 0.266 e. The van der Waals surface area contributed by atoms with Crippen LogP contribution in [0.15, 0.2) is 76.8 Å². The van der Waals surface area contributed by atoms with Gasteiger partial charge >= 0.3 is 0 Å². The Morgan fingerprint density at radius 3 is 2.44 bits per heavy atom. The highest BCUT2D eigenvalue weighted by Gasteiger charge is 2.12. The van der Waals surface area contributed by atoms with E-state index in [1.165, 1.54) is 6.08 Å².